The van der Waals surface area contributed by atoms with Crippen LogP contribution >= 0.6 is 0 Å². The monoisotopic (exact) mass is 186 g/mol. The van der Waals surface area contributed by atoms with Crippen LogP contribution in [0.2, 0.25) is 0 Å². The maximum absolute atomic E-state index is 9.44. The van der Waals surface area contributed by atoms with Gasteiger partial charge >= 0.3 is 0 Å². The Balaban J connectivity index is 2.21. The van der Waals surface area contributed by atoms with Gasteiger partial charge in [0.1, 0.15) is 0 Å². The van der Waals surface area contributed by atoms with Gasteiger partial charge in [-0.25, -0.2) is 0 Å². The maximum Gasteiger partial charge on any atom is 0.0667 e. The molecule has 0 aromatic carbocycles. The molecule has 1 fully saturated rings. The highest BCUT2D eigenvalue weighted by Gasteiger charge is 2.19. The first-order chi connectivity index (χ1) is 5.97. The van der Waals surface area contributed by atoms with Crippen molar-refractivity contribution in [1.29, 1.82) is 0 Å². The zero-order chi connectivity index (χ0) is 9.90. The lowest BCUT2D eigenvalue weighted by Crippen LogP contribution is -2.42. The molecule has 0 aliphatic carbocycles. The fourth-order valence-corrected chi connectivity index (χ4v) is 1.68. The van der Waals surface area contributed by atoms with E-state index in [0.717, 1.165) is 38.9 Å². The lowest BCUT2D eigenvalue weighted by Gasteiger charge is -2.32. The molecule has 0 aromatic rings. The molecular weight excluding hydrogens is 164 g/mol. The lowest BCUT2D eigenvalue weighted by atomic mass is 10.0. The zero-order valence-corrected chi connectivity index (χ0v) is 8.79. The van der Waals surface area contributed by atoms with Crippen LogP contribution in [0.25, 0.3) is 0 Å². The molecule has 3 N–H and O–H groups in total. The van der Waals surface area contributed by atoms with E-state index >= 15 is 0 Å². The molecule has 0 spiro atoms. The van der Waals surface area contributed by atoms with E-state index in [-0.39, 0.29) is 11.6 Å². The van der Waals surface area contributed by atoms with Crippen molar-refractivity contribution in [2.45, 2.75) is 44.8 Å². The molecule has 3 nitrogen and oxygen atoms in total. The Morgan fingerprint density at radius 1 is 1.54 bits per heavy atom. The van der Waals surface area contributed by atoms with Crippen molar-refractivity contribution in [3.8, 4) is 0 Å². The summed E-state index contributed by atoms with van der Waals surface area (Å²) >= 11 is 0. The highest BCUT2D eigenvalue weighted by molar-refractivity contribution is 4.77. The van der Waals surface area contributed by atoms with Gasteiger partial charge in [0, 0.05) is 12.1 Å². The maximum atomic E-state index is 9.44. The molecule has 0 saturated carbocycles. The van der Waals surface area contributed by atoms with Crippen LogP contribution in [0.15, 0.2) is 0 Å². The number of likely N-dealkylation sites (tertiary alicyclic amines) is 1. The SMILES string of the molecule is CC(C)(N)CCN1CCCC(O)C1. The molecule has 1 heterocycles. The summed E-state index contributed by atoms with van der Waals surface area (Å²) in [6, 6.07) is 0. The molecule has 1 atom stereocenters. The van der Waals surface area contributed by atoms with Crippen LogP contribution in [-0.4, -0.2) is 41.3 Å². The fourth-order valence-electron chi connectivity index (χ4n) is 1.68. The molecule has 1 rings (SSSR count). The van der Waals surface area contributed by atoms with Crippen LogP contribution in [0.5, 0.6) is 0 Å². The van der Waals surface area contributed by atoms with Crippen molar-refractivity contribution in [2.75, 3.05) is 19.6 Å². The van der Waals surface area contributed by atoms with Gasteiger partial charge in [-0.15, -0.1) is 0 Å². The second-order valence-electron chi connectivity index (χ2n) is 4.84. The van der Waals surface area contributed by atoms with E-state index in [1.54, 1.807) is 0 Å². The Labute approximate surface area is 80.9 Å². The van der Waals surface area contributed by atoms with Gasteiger partial charge in [-0.05, 0) is 46.2 Å². The van der Waals surface area contributed by atoms with Crippen LogP contribution < -0.4 is 5.73 Å². The fraction of sp³-hybridized carbons (Fsp3) is 1.00. The smallest absolute Gasteiger partial charge is 0.0667 e. The summed E-state index contributed by atoms with van der Waals surface area (Å²) < 4.78 is 0. The summed E-state index contributed by atoms with van der Waals surface area (Å²) in [4.78, 5) is 2.31. The topological polar surface area (TPSA) is 49.5 Å². The number of nitrogens with two attached hydrogens (primary N) is 1. The van der Waals surface area contributed by atoms with Gasteiger partial charge in [0.05, 0.1) is 6.10 Å². The average Bonchev–Trinajstić information content (AvgIpc) is 2.00. The summed E-state index contributed by atoms with van der Waals surface area (Å²) in [5.41, 5.74) is 5.82. The van der Waals surface area contributed by atoms with E-state index in [0.29, 0.717) is 0 Å². The number of aliphatic hydroxyl groups is 1. The minimum atomic E-state index is -0.116. The predicted molar refractivity (Wildman–Crippen MR) is 54.6 cm³/mol. The van der Waals surface area contributed by atoms with E-state index in [4.69, 9.17) is 5.73 Å². The first-order valence-corrected chi connectivity index (χ1v) is 5.17. The van der Waals surface area contributed by atoms with Crippen molar-refractivity contribution in [3.63, 3.8) is 0 Å². The largest absolute Gasteiger partial charge is 0.392 e. The Hall–Kier alpha value is -0.120. The van der Waals surface area contributed by atoms with E-state index in [9.17, 15) is 5.11 Å². The van der Waals surface area contributed by atoms with Crippen molar-refractivity contribution in [3.05, 3.63) is 0 Å². The number of hydrogen-bond acceptors (Lipinski definition) is 3. The van der Waals surface area contributed by atoms with Gasteiger partial charge in [0.2, 0.25) is 0 Å². The third kappa shape index (κ3) is 4.60. The Bertz CT molecular complexity index is 153. The van der Waals surface area contributed by atoms with Crippen molar-refractivity contribution >= 4 is 0 Å². The normalized spacial score (nSPS) is 26.3. The van der Waals surface area contributed by atoms with Crippen molar-refractivity contribution < 1.29 is 5.11 Å². The molecule has 0 radical (unpaired) electrons. The minimum absolute atomic E-state index is 0.0810. The molecule has 1 saturated heterocycles. The van der Waals surface area contributed by atoms with E-state index in [1.807, 2.05) is 13.8 Å². The summed E-state index contributed by atoms with van der Waals surface area (Å²) in [6.07, 6.45) is 2.96. The van der Waals surface area contributed by atoms with Gasteiger partial charge in [0.25, 0.3) is 0 Å². The summed E-state index contributed by atoms with van der Waals surface area (Å²) in [5, 5.41) is 9.44. The molecule has 3 heteroatoms. The van der Waals surface area contributed by atoms with E-state index in [2.05, 4.69) is 4.90 Å². The van der Waals surface area contributed by atoms with Crippen LogP contribution in [0.4, 0.5) is 0 Å². The standard InChI is InChI=1S/C10H22N2O/c1-10(2,11)5-7-12-6-3-4-9(13)8-12/h9,13H,3-8,11H2,1-2H3. The van der Waals surface area contributed by atoms with Crippen LogP contribution in [0.1, 0.15) is 33.1 Å². The third-order valence-corrected chi connectivity index (χ3v) is 2.55. The van der Waals surface area contributed by atoms with Crippen LogP contribution in [0.3, 0.4) is 0 Å². The Morgan fingerprint density at radius 2 is 2.23 bits per heavy atom. The highest BCUT2D eigenvalue weighted by Crippen LogP contribution is 2.12. The number of nitrogens with zero attached hydrogens (tertiary/aromatic N) is 1. The van der Waals surface area contributed by atoms with E-state index < -0.39 is 0 Å². The third-order valence-electron chi connectivity index (χ3n) is 2.55. The van der Waals surface area contributed by atoms with Crippen molar-refractivity contribution in [2.24, 2.45) is 5.73 Å². The Morgan fingerprint density at radius 3 is 2.77 bits per heavy atom. The van der Waals surface area contributed by atoms with Crippen molar-refractivity contribution in [1.82, 2.24) is 4.90 Å². The molecule has 0 aromatic heterocycles. The molecule has 13 heavy (non-hydrogen) atoms. The number of hydrogen-bond donors (Lipinski definition) is 2. The minimum Gasteiger partial charge on any atom is -0.392 e. The average molecular weight is 186 g/mol. The molecule has 0 amide bonds. The van der Waals surface area contributed by atoms with Gasteiger partial charge in [-0.3, -0.25) is 0 Å². The second-order valence-corrected chi connectivity index (χ2v) is 4.84. The second kappa shape index (κ2) is 4.40. The molecular formula is C10H22N2O. The molecule has 0 bridgehead atoms. The molecule has 78 valence electrons. The van der Waals surface area contributed by atoms with Crippen LogP contribution in [-0.2, 0) is 0 Å². The lowest BCUT2D eigenvalue weighted by molar-refractivity contribution is 0.0674. The summed E-state index contributed by atoms with van der Waals surface area (Å²) in [7, 11) is 0. The Kier molecular flexibility index (Phi) is 3.71. The first kappa shape index (κ1) is 11.0. The van der Waals surface area contributed by atoms with E-state index in [1.165, 1.54) is 0 Å². The van der Waals surface area contributed by atoms with Gasteiger partial charge in [-0.1, -0.05) is 0 Å². The highest BCUT2D eigenvalue weighted by atomic mass is 16.3. The number of aliphatic hydroxyl groups excluding tert-OH is 1. The number of rotatable bonds is 3. The predicted octanol–water partition coefficient (Wildman–Crippen LogP) is 0.570. The molecule has 1 aliphatic heterocycles. The summed E-state index contributed by atoms with van der Waals surface area (Å²) in [6.45, 7) is 7.06. The first-order valence-electron chi connectivity index (χ1n) is 5.17. The van der Waals surface area contributed by atoms with Gasteiger partial charge in [-0.2, -0.15) is 0 Å². The number of β-amino-alcohol motifs (C(OH)–C–C–N with tert-alkyl or cyclic N) is 1. The quantitative estimate of drug-likeness (QED) is 0.677. The van der Waals surface area contributed by atoms with Gasteiger partial charge < -0.3 is 15.7 Å². The van der Waals surface area contributed by atoms with Crippen LogP contribution in [0, 0.1) is 0 Å². The summed E-state index contributed by atoms with van der Waals surface area (Å²) in [5.74, 6) is 0. The van der Waals surface area contributed by atoms with Gasteiger partial charge in [0.15, 0.2) is 0 Å². The molecule has 1 aliphatic rings. The zero-order valence-electron chi connectivity index (χ0n) is 8.79. The number of piperidine rings is 1. The molecule has 1 unspecified atom stereocenters.